The minimum atomic E-state index is -3.14. The van der Waals surface area contributed by atoms with Gasteiger partial charge in [0, 0.05) is 6.54 Å². The molecule has 0 heterocycles. The monoisotopic (exact) mass is 255 g/mol. The van der Waals surface area contributed by atoms with Crippen molar-refractivity contribution >= 4 is 27.2 Å². The van der Waals surface area contributed by atoms with E-state index in [2.05, 4.69) is 22.4 Å². The van der Waals surface area contributed by atoms with Crippen LogP contribution in [0, 0.1) is 0 Å². The fraction of sp³-hybridized carbons (Fsp3) is 0.364. The molecule has 0 aliphatic carbocycles. The third-order valence-electron chi connectivity index (χ3n) is 2.10. The molecule has 0 spiro atoms. The molecule has 1 rings (SSSR count). The molecular formula is C11H13NO2S2. The first-order chi connectivity index (χ1) is 7.67. The van der Waals surface area contributed by atoms with Crippen molar-refractivity contribution in [1.29, 1.82) is 0 Å². The van der Waals surface area contributed by atoms with Crippen LogP contribution >= 0.6 is 12.2 Å². The molecule has 0 saturated heterocycles. The molecule has 0 aliphatic heterocycles. The van der Waals surface area contributed by atoms with Gasteiger partial charge < -0.3 is 0 Å². The van der Waals surface area contributed by atoms with Crippen LogP contribution in [0.5, 0.6) is 0 Å². The average molecular weight is 255 g/mol. The zero-order valence-electron chi connectivity index (χ0n) is 8.80. The van der Waals surface area contributed by atoms with Gasteiger partial charge in [0.2, 0.25) is 0 Å². The van der Waals surface area contributed by atoms with Gasteiger partial charge >= 0.3 is 0 Å². The molecule has 86 valence electrons. The van der Waals surface area contributed by atoms with E-state index < -0.39 is 9.84 Å². The molecule has 0 radical (unpaired) electrons. The number of aliphatic imine (C=N–C) groups is 1. The molecule has 5 heteroatoms. The van der Waals surface area contributed by atoms with Crippen LogP contribution in [-0.2, 0) is 9.84 Å². The van der Waals surface area contributed by atoms with Crippen molar-refractivity contribution in [3.8, 4) is 0 Å². The molecule has 1 aromatic carbocycles. The number of thiocarbonyl (C=S) groups is 1. The predicted octanol–water partition coefficient (Wildman–Crippen LogP) is 2.34. The van der Waals surface area contributed by atoms with Gasteiger partial charge in [-0.05, 0) is 37.2 Å². The molecule has 1 aromatic rings. The molecule has 3 nitrogen and oxygen atoms in total. The Morgan fingerprint density at radius 3 is 2.50 bits per heavy atom. The highest BCUT2D eigenvalue weighted by Gasteiger charge is 2.12. The number of hydrogen-bond donors (Lipinski definition) is 0. The van der Waals surface area contributed by atoms with Crippen molar-refractivity contribution in [3.05, 3.63) is 30.3 Å². The first kappa shape index (κ1) is 13.0. The third-order valence-corrected chi connectivity index (χ3v) is 4.05. The summed E-state index contributed by atoms with van der Waals surface area (Å²) < 4.78 is 23.6. The Bertz CT molecular complexity index is 462. The lowest BCUT2D eigenvalue weighted by Gasteiger charge is -2.02. The van der Waals surface area contributed by atoms with Crippen molar-refractivity contribution in [1.82, 2.24) is 0 Å². The Balaban J connectivity index is 2.50. The number of nitrogens with zero attached hydrogens (tertiary/aromatic N) is 1. The van der Waals surface area contributed by atoms with E-state index in [1.54, 1.807) is 30.3 Å². The quantitative estimate of drug-likeness (QED) is 0.445. The summed E-state index contributed by atoms with van der Waals surface area (Å²) in [6.45, 7) is 0.549. The van der Waals surface area contributed by atoms with Gasteiger partial charge in [0.05, 0.1) is 15.8 Å². The second kappa shape index (κ2) is 6.53. The van der Waals surface area contributed by atoms with Gasteiger partial charge in [-0.15, -0.1) is 0 Å². The van der Waals surface area contributed by atoms with Gasteiger partial charge in [-0.2, -0.15) is 0 Å². The lowest BCUT2D eigenvalue weighted by molar-refractivity contribution is 0.592. The molecule has 0 bridgehead atoms. The van der Waals surface area contributed by atoms with Gasteiger partial charge in [0.15, 0.2) is 9.84 Å². The fourth-order valence-corrected chi connectivity index (χ4v) is 2.76. The van der Waals surface area contributed by atoms with Crippen LogP contribution in [0.2, 0.25) is 0 Å². The van der Waals surface area contributed by atoms with Gasteiger partial charge in [-0.25, -0.2) is 13.4 Å². The summed E-state index contributed by atoms with van der Waals surface area (Å²) in [6, 6.07) is 8.48. The summed E-state index contributed by atoms with van der Waals surface area (Å²) in [5.41, 5.74) is 0. The lowest BCUT2D eigenvalue weighted by Crippen LogP contribution is -2.06. The molecule has 0 aliphatic rings. The normalized spacial score (nSPS) is 10.8. The van der Waals surface area contributed by atoms with E-state index in [0.717, 1.165) is 6.42 Å². The van der Waals surface area contributed by atoms with Crippen LogP contribution in [0.3, 0.4) is 0 Å². The van der Waals surface area contributed by atoms with Crippen LogP contribution in [0.1, 0.15) is 12.8 Å². The minimum absolute atomic E-state index is 0.157. The van der Waals surface area contributed by atoms with Crippen LogP contribution < -0.4 is 0 Å². The Kier molecular flexibility index (Phi) is 5.32. The Hall–Kier alpha value is -1.03. The first-order valence-electron chi connectivity index (χ1n) is 4.98. The molecule has 0 atom stereocenters. The molecule has 0 saturated carbocycles. The topological polar surface area (TPSA) is 46.5 Å². The first-order valence-corrected chi connectivity index (χ1v) is 7.04. The standard InChI is InChI=1S/C11H13NO2S2/c13-16(14,9-5-4-8-12-10-15)11-6-2-1-3-7-11/h1-3,6-7H,4-5,8-9H2. The SMILES string of the molecule is O=S(=O)(CCCCN=C=S)c1ccccc1. The molecular weight excluding hydrogens is 242 g/mol. The molecule has 0 unspecified atom stereocenters. The van der Waals surface area contributed by atoms with Crippen molar-refractivity contribution < 1.29 is 8.42 Å². The van der Waals surface area contributed by atoms with Gasteiger partial charge in [-0.1, -0.05) is 18.2 Å². The summed E-state index contributed by atoms with van der Waals surface area (Å²) >= 11 is 4.42. The average Bonchev–Trinajstić information content (AvgIpc) is 2.30. The second-order valence-electron chi connectivity index (χ2n) is 3.31. The largest absolute Gasteiger partial charge is 0.233 e. The van der Waals surface area contributed by atoms with Crippen molar-refractivity contribution in [2.24, 2.45) is 4.99 Å². The number of rotatable bonds is 6. The zero-order chi connectivity index (χ0) is 11.9. The number of benzene rings is 1. The molecule has 0 N–H and O–H groups in total. The lowest BCUT2D eigenvalue weighted by atomic mass is 10.3. The summed E-state index contributed by atoms with van der Waals surface area (Å²) in [6.07, 6.45) is 1.31. The van der Waals surface area contributed by atoms with Crippen LogP contribution in [0.15, 0.2) is 40.2 Å². The zero-order valence-corrected chi connectivity index (χ0v) is 10.4. The summed E-state index contributed by atoms with van der Waals surface area (Å²) in [5.74, 6) is 0.157. The minimum Gasteiger partial charge on any atom is -0.233 e. The van der Waals surface area contributed by atoms with Crippen LogP contribution in [-0.4, -0.2) is 25.9 Å². The number of hydrogen-bond acceptors (Lipinski definition) is 4. The highest BCUT2D eigenvalue weighted by molar-refractivity contribution is 7.91. The maximum Gasteiger partial charge on any atom is 0.178 e. The van der Waals surface area contributed by atoms with E-state index in [1.165, 1.54) is 0 Å². The van der Waals surface area contributed by atoms with Crippen molar-refractivity contribution in [2.45, 2.75) is 17.7 Å². The third kappa shape index (κ3) is 4.23. The van der Waals surface area contributed by atoms with Gasteiger partial charge in [0.25, 0.3) is 0 Å². The van der Waals surface area contributed by atoms with Crippen molar-refractivity contribution in [2.75, 3.05) is 12.3 Å². The van der Waals surface area contributed by atoms with Crippen LogP contribution in [0.4, 0.5) is 0 Å². The number of sulfone groups is 1. The smallest absolute Gasteiger partial charge is 0.178 e. The highest BCUT2D eigenvalue weighted by atomic mass is 32.2. The number of unbranched alkanes of at least 4 members (excludes halogenated alkanes) is 1. The number of isothiocyanates is 1. The Labute approximate surface area is 101 Å². The summed E-state index contributed by atoms with van der Waals surface area (Å²) in [7, 11) is -3.14. The molecule has 16 heavy (non-hydrogen) atoms. The molecule has 0 amide bonds. The van der Waals surface area contributed by atoms with E-state index in [-0.39, 0.29) is 5.75 Å². The van der Waals surface area contributed by atoms with E-state index in [0.29, 0.717) is 17.9 Å². The van der Waals surface area contributed by atoms with E-state index >= 15 is 0 Å². The van der Waals surface area contributed by atoms with E-state index in [4.69, 9.17) is 0 Å². The Morgan fingerprint density at radius 2 is 1.88 bits per heavy atom. The summed E-state index contributed by atoms with van der Waals surface area (Å²) in [4.78, 5) is 4.12. The summed E-state index contributed by atoms with van der Waals surface area (Å²) in [5, 5.41) is 2.26. The van der Waals surface area contributed by atoms with Crippen LogP contribution in [0.25, 0.3) is 0 Å². The molecule has 0 fully saturated rings. The van der Waals surface area contributed by atoms with E-state index in [1.807, 2.05) is 0 Å². The predicted molar refractivity (Wildman–Crippen MR) is 67.6 cm³/mol. The molecule has 0 aromatic heterocycles. The maximum atomic E-state index is 11.8. The second-order valence-corrected chi connectivity index (χ2v) is 5.60. The Morgan fingerprint density at radius 1 is 1.19 bits per heavy atom. The van der Waals surface area contributed by atoms with Gasteiger partial charge in [-0.3, -0.25) is 0 Å². The highest BCUT2D eigenvalue weighted by Crippen LogP contribution is 2.11. The maximum absolute atomic E-state index is 11.8. The van der Waals surface area contributed by atoms with Crippen molar-refractivity contribution in [3.63, 3.8) is 0 Å². The fourth-order valence-electron chi connectivity index (χ4n) is 1.27. The van der Waals surface area contributed by atoms with E-state index in [9.17, 15) is 8.42 Å². The van der Waals surface area contributed by atoms with Gasteiger partial charge in [0.1, 0.15) is 0 Å².